The van der Waals surface area contributed by atoms with Gasteiger partial charge < -0.3 is 14.1 Å². The zero-order valence-electron chi connectivity index (χ0n) is 11.4. The molecule has 0 fully saturated rings. The molecule has 0 aliphatic heterocycles. The Morgan fingerprint density at radius 1 is 1.25 bits per heavy atom. The lowest BCUT2D eigenvalue weighted by atomic mass is 10.1. The van der Waals surface area contributed by atoms with Crippen LogP contribution >= 0.6 is 15.9 Å². The molecule has 0 atom stereocenters. The van der Waals surface area contributed by atoms with Crippen molar-refractivity contribution >= 4 is 21.8 Å². The molecule has 0 aliphatic carbocycles. The third-order valence-electron chi connectivity index (χ3n) is 2.96. The molecule has 1 aromatic heterocycles. The molecule has 5 heteroatoms. The van der Waals surface area contributed by atoms with Gasteiger partial charge >= 0.3 is 0 Å². The van der Waals surface area contributed by atoms with Crippen LogP contribution in [-0.2, 0) is 17.8 Å². The van der Waals surface area contributed by atoms with E-state index in [0.717, 1.165) is 17.1 Å². The number of amides is 1. The summed E-state index contributed by atoms with van der Waals surface area (Å²) in [4.78, 5) is 13.8. The average molecular weight is 338 g/mol. The van der Waals surface area contributed by atoms with E-state index in [2.05, 4.69) is 15.9 Å². The number of hydrogen-bond donors (Lipinski definition) is 0. The summed E-state index contributed by atoms with van der Waals surface area (Å²) in [5, 5.41) is 0. The molecule has 4 nitrogen and oxygen atoms in total. The molecule has 0 bridgehead atoms. The van der Waals surface area contributed by atoms with Crippen LogP contribution in [0.15, 0.2) is 45.5 Å². The van der Waals surface area contributed by atoms with E-state index in [1.165, 1.54) is 0 Å². The van der Waals surface area contributed by atoms with Crippen LogP contribution in [0.5, 0.6) is 5.75 Å². The number of methoxy groups -OCH3 is 1. The predicted molar refractivity (Wildman–Crippen MR) is 79.6 cm³/mol. The van der Waals surface area contributed by atoms with Crippen molar-refractivity contribution < 1.29 is 13.9 Å². The number of ether oxygens (including phenoxy) is 1. The first kappa shape index (κ1) is 14.7. The van der Waals surface area contributed by atoms with Gasteiger partial charge in [-0.05, 0) is 45.8 Å². The number of carbonyl (C=O) groups excluding carboxylic acids is 1. The Labute approximate surface area is 126 Å². The molecule has 2 aromatic rings. The molecule has 0 spiro atoms. The van der Waals surface area contributed by atoms with E-state index in [9.17, 15) is 4.79 Å². The van der Waals surface area contributed by atoms with Crippen molar-refractivity contribution in [2.75, 3.05) is 14.2 Å². The Morgan fingerprint density at radius 3 is 2.50 bits per heavy atom. The summed E-state index contributed by atoms with van der Waals surface area (Å²) in [7, 11) is 3.39. The number of furan rings is 1. The summed E-state index contributed by atoms with van der Waals surface area (Å²) < 4.78 is 11.2. The van der Waals surface area contributed by atoms with E-state index >= 15 is 0 Å². The molecule has 0 saturated heterocycles. The summed E-state index contributed by atoms with van der Waals surface area (Å²) in [5.74, 6) is 1.58. The van der Waals surface area contributed by atoms with E-state index in [1.54, 1.807) is 19.1 Å². The number of likely N-dealkylation sites (N-methyl/N-ethyl adjacent to an activating group) is 1. The van der Waals surface area contributed by atoms with E-state index in [1.807, 2.05) is 36.4 Å². The first-order chi connectivity index (χ1) is 9.58. The van der Waals surface area contributed by atoms with Crippen molar-refractivity contribution in [3.63, 3.8) is 0 Å². The van der Waals surface area contributed by atoms with E-state index in [0.29, 0.717) is 17.6 Å². The van der Waals surface area contributed by atoms with Gasteiger partial charge in [-0.25, -0.2) is 0 Å². The summed E-state index contributed by atoms with van der Waals surface area (Å²) >= 11 is 3.24. The lowest BCUT2D eigenvalue weighted by Crippen LogP contribution is -2.27. The zero-order chi connectivity index (χ0) is 14.5. The van der Waals surface area contributed by atoms with Crippen LogP contribution < -0.4 is 4.74 Å². The maximum absolute atomic E-state index is 12.1. The third kappa shape index (κ3) is 3.87. The van der Waals surface area contributed by atoms with Gasteiger partial charge in [-0.2, -0.15) is 0 Å². The van der Waals surface area contributed by atoms with Gasteiger partial charge in [-0.3, -0.25) is 4.79 Å². The molecule has 0 unspecified atom stereocenters. The van der Waals surface area contributed by atoms with Crippen LogP contribution in [0.25, 0.3) is 0 Å². The number of nitrogens with zero attached hydrogens (tertiary/aromatic N) is 1. The molecule has 1 amide bonds. The van der Waals surface area contributed by atoms with Crippen LogP contribution in [-0.4, -0.2) is 25.0 Å². The second-order valence-corrected chi connectivity index (χ2v) is 5.26. The average Bonchev–Trinajstić information content (AvgIpc) is 2.85. The molecule has 106 valence electrons. The monoisotopic (exact) mass is 337 g/mol. The maximum atomic E-state index is 12.1. The van der Waals surface area contributed by atoms with Crippen molar-refractivity contribution in [1.29, 1.82) is 0 Å². The van der Waals surface area contributed by atoms with Gasteiger partial charge in [0.2, 0.25) is 5.91 Å². The zero-order valence-corrected chi connectivity index (χ0v) is 13.0. The summed E-state index contributed by atoms with van der Waals surface area (Å²) in [5.41, 5.74) is 0.961. The first-order valence-electron chi connectivity index (χ1n) is 6.19. The van der Waals surface area contributed by atoms with E-state index in [-0.39, 0.29) is 5.91 Å². The first-order valence-corrected chi connectivity index (χ1v) is 6.99. The van der Waals surface area contributed by atoms with Crippen LogP contribution in [0.3, 0.4) is 0 Å². The number of halogens is 1. The van der Waals surface area contributed by atoms with Crippen molar-refractivity contribution in [2.45, 2.75) is 13.0 Å². The molecule has 1 aromatic carbocycles. The predicted octanol–water partition coefficient (Wildman–Crippen LogP) is 3.25. The fourth-order valence-electron chi connectivity index (χ4n) is 1.81. The lowest BCUT2D eigenvalue weighted by Gasteiger charge is -2.15. The Bertz CT molecular complexity index is 577. The normalized spacial score (nSPS) is 10.3. The highest BCUT2D eigenvalue weighted by molar-refractivity contribution is 9.10. The molecule has 0 N–H and O–H groups in total. The van der Waals surface area contributed by atoms with Crippen molar-refractivity contribution in [3.05, 3.63) is 52.4 Å². The van der Waals surface area contributed by atoms with Gasteiger partial charge in [0, 0.05) is 7.05 Å². The van der Waals surface area contributed by atoms with Gasteiger partial charge in [-0.1, -0.05) is 12.1 Å². The Morgan fingerprint density at radius 2 is 1.95 bits per heavy atom. The van der Waals surface area contributed by atoms with E-state index < -0.39 is 0 Å². The number of benzene rings is 1. The number of rotatable bonds is 5. The summed E-state index contributed by atoms with van der Waals surface area (Å²) in [6.07, 6.45) is 0.363. The van der Waals surface area contributed by atoms with Crippen molar-refractivity contribution in [1.82, 2.24) is 4.90 Å². The van der Waals surface area contributed by atoms with Crippen LogP contribution in [0.1, 0.15) is 11.3 Å². The minimum Gasteiger partial charge on any atom is -0.497 e. The largest absolute Gasteiger partial charge is 0.497 e. The highest BCUT2D eigenvalue weighted by Gasteiger charge is 2.12. The number of hydrogen-bond acceptors (Lipinski definition) is 3. The Hall–Kier alpha value is -1.75. The number of carbonyl (C=O) groups is 1. The highest BCUT2D eigenvalue weighted by Crippen LogP contribution is 2.16. The quantitative estimate of drug-likeness (QED) is 0.841. The van der Waals surface area contributed by atoms with Crippen LogP contribution in [0, 0.1) is 0 Å². The van der Waals surface area contributed by atoms with Gasteiger partial charge in [0.15, 0.2) is 4.67 Å². The second kappa shape index (κ2) is 6.61. The third-order valence-corrected chi connectivity index (χ3v) is 3.39. The van der Waals surface area contributed by atoms with Crippen molar-refractivity contribution in [3.8, 4) is 5.75 Å². The molecule has 2 rings (SSSR count). The smallest absolute Gasteiger partial charge is 0.227 e. The fourth-order valence-corrected chi connectivity index (χ4v) is 2.15. The minimum atomic E-state index is 0.0442. The molecular weight excluding hydrogens is 322 g/mol. The Balaban J connectivity index is 1.93. The molecule has 1 heterocycles. The van der Waals surface area contributed by atoms with Gasteiger partial charge in [0.1, 0.15) is 11.5 Å². The van der Waals surface area contributed by atoms with Gasteiger partial charge in [-0.15, -0.1) is 0 Å². The van der Waals surface area contributed by atoms with E-state index in [4.69, 9.17) is 9.15 Å². The lowest BCUT2D eigenvalue weighted by molar-refractivity contribution is -0.129. The van der Waals surface area contributed by atoms with Gasteiger partial charge in [0.25, 0.3) is 0 Å². The molecule has 0 saturated carbocycles. The second-order valence-electron chi connectivity index (χ2n) is 4.48. The summed E-state index contributed by atoms with van der Waals surface area (Å²) in [6, 6.07) is 11.2. The topological polar surface area (TPSA) is 42.7 Å². The standard InChI is InChI=1S/C15H16BrNO3/c1-17(10-13-7-8-14(16)20-13)15(18)9-11-3-5-12(19-2)6-4-11/h3-8H,9-10H2,1-2H3. The molecule has 20 heavy (non-hydrogen) atoms. The van der Waals surface area contributed by atoms with Crippen molar-refractivity contribution in [2.24, 2.45) is 0 Å². The molecular formula is C15H16BrNO3. The minimum absolute atomic E-state index is 0.0442. The molecule has 0 aliphatic rings. The van der Waals surface area contributed by atoms with Crippen LogP contribution in [0.4, 0.5) is 0 Å². The fraction of sp³-hybridized carbons (Fsp3) is 0.267. The highest BCUT2D eigenvalue weighted by atomic mass is 79.9. The SMILES string of the molecule is COc1ccc(CC(=O)N(C)Cc2ccc(Br)o2)cc1. The van der Waals surface area contributed by atoms with Gasteiger partial charge in [0.05, 0.1) is 20.1 Å². The molecule has 0 radical (unpaired) electrons. The van der Waals surface area contributed by atoms with Crippen LogP contribution in [0.2, 0.25) is 0 Å². The maximum Gasteiger partial charge on any atom is 0.227 e. The summed E-state index contributed by atoms with van der Waals surface area (Å²) in [6.45, 7) is 0.459. The Kier molecular flexibility index (Phi) is 4.84.